The summed E-state index contributed by atoms with van der Waals surface area (Å²) in [5, 5.41) is 2.97. The Morgan fingerprint density at radius 1 is 1.36 bits per heavy atom. The van der Waals surface area contributed by atoms with E-state index in [0.29, 0.717) is 18.3 Å². The molecule has 1 saturated carbocycles. The monoisotopic (exact) mass is 360 g/mol. The van der Waals surface area contributed by atoms with Crippen molar-refractivity contribution >= 4 is 29.3 Å². The first kappa shape index (κ1) is 16.8. The van der Waals surface area contributed by atoms with E-state index in [2.05, 4.69) is 12.2 Å². The van der Waals surface area contributed by atoms with Crippen molar-refractivity contribution in [3.63, 3.8) is 0 Å². The number of thioether (sulfide) groups is 1. The van der Waals surface area contributed by atoms with E-state index in [1.54, 1.807) is 16.7 Å². The van der Waals surface area contributed by atoms with Gasteiger partial charge < -0.3 is 15.0 Å². The third kappa shape index (κ3) is 3.24. The normalized spacial score (nSPS) is 29.1. The average molecular weight is 360 g/mol. The largest absolute Gasteiger partial charge is 0.490 e. The highest BCUT2D eigenvalue weighted by molar-refractivity contribution is 8.01. The molecule has 6 heteroatoms. The van der Waals surface area contributed by atoms with Crippen LogP contribution in [0.15, 0.2) is 24.3 Å². The Labute approximate surface area is 152 Å². The minimum absolute atomic E-state index is 0.0889. The van der Waals surface area contributed by atoms with Crippen LogP contribution < -0.4 is 10.1 Å². The number of hydrogen-bond donors (Lipinski definition) is 1. The van der Waals surface area contributed by atoms with Crippen LogP contribution in [0.2, 0.25) is 0 Å². The maximum atomic E-state index is 12.7. The number of anilines is 1. The molecule has 4 rings (SSSR count). The molecule has 1 aliphatic carbocycles. The van der Waals surface area contributed by atoms with E-state index in [-0.39, 0.29) is 22.7 Å². The first-order valence-electron chi connectivity index (χ1n) is 9.09. The van der Waals surface area contributed by atoms with Gasteiger partial charge in [-0.05, 0) is 51.2 Å². The lowest BCUT2D eigenvalue weighted by molar-refractivity contribution is -0.135. The van der Waals surface area contributed by atoms with Gasteiger partial charge in [-0.25, -0.2) is 0 Å². The van der Waals surface area contributed by atoms with Crippen LogP contribution in [-0.4, -0.2) is 39.5 Å². The number of fused-ring (bicyclic) bond motifs is 1. The third-order valence-corrected chi connectivity index (χ3v) is 6.96. The Morgan fingerprint density at radius 2 is 2.16 bits per heavy atom. The summed E-state index contributed by atoms with van der Waals surface area (Å²) in [5.41, 5.74) is 0.728. The van der Waals surface area contributed by atoms with Crippen LogP contribution in [0.25, 0.3) is 0 Å². The van der Waals surface area contributed by atoms with Gasteiger partial charge >= 0.3 is 0 Å². The van der Waals surface area contributed by atoms with Crippen molar-refractivity contribution in [3.05, 3.63) is 24.3 Å². The van der Waals surface area contributed by atoms with Crippen LogP contribution in [0.5, 0.6) is 5.75 Å². The number of amides is 2. The van der Waals surface area contributed by atoms with Gasteiger partial charge in [0.25, 0.3) is 0 Å². The number of carbonyl (C=O) groups is 2. The molecule has 2 saturated heterocycles. The number of nitrogens with zero attached hydrogens (tertiary/aromatic N) is 1. The molecule has 5 nitrogen and oxygen atoms in total. The molecule has 2 atom stereocenters. The summed E-state index contributed by atoms with van der Waals surface area (Å²) < 4.78 is 6.01. The maximum absolute atomic E-state index is 12.7. The average Bonchev–Trinajstić information content (AvgIpc) is 3.27. The lowest BCUT2D eigenvalue weighted by atomic mass is 10.2. The van der Waals surface area contributed by atoms with Crippen molar-refractivity contribution in [1.29, 1.82) is 0 Å². The molecule has 134 valence electrons. The summed E-state index contributed by atoms with van der Waals surface area (Å²) >= 11 is 1.71. The highest BCUT2D eigenvalue weighted by Crippen LogP contribution is 2.47. The Hall–Kier alpha value is -1.69. The van der Waals surface area contributed by atoms with Crippen molar-refractivity contribution in [2.45, 2.75) is 62.5 Å². The summed E-state index contributed by atoms with van der Waals surface area (Å²) in [6.07, 6.45) is 6.31. The molecular weight excluding hydrogens is 336 g/mol. The van der Waals surface area contributed by atoms with E-state index in [4.69, 9.17) is 4.74 Å². The van der Waals surface area contributed by atoms with Gasteiger partial charge in [0.1, 0.15) is 11.8 Å². The van der Waals surface area contributed by atoms with Gasteiger partial charge in [0, 0.05) is 23.9 Å². The topological polar surface area (TPSA) is 58.6 Å². The van der Waals surface area contributed by atoms with Crippen LogP contribution in [0.1, 0.15) is 45.4 Å². The lowest BCUT2D eigenvalue weighted by Gasteiger charge is -2.29. The van der Waals surface area contributed by atoms with Gasteiger partial charge in [-0.15, -0.1) is 11.8 Å². The van der Waals surface area contributed by atoms with Crippen LogP contribution in [0, 0.1) is 0 Å². The Bertz CT molecular complexity index is 689. The number of ether oxygens (including phenoxy) is 1. The van der Waals surface area contributed by atoms with Gasteiger partial charge in [0.05, 0.1) is 11.0 Å². The van der Waals surface area contributed by atoms with Crippen molar-refractivity contribution in [2.75, 3.05) is 11.1 Å². The maximum Gasteiger partial charge on any atom is 0.248 e. The molecule has 2 unspecified atom stereocenters. The summed E-state index contributed by atoms with van der Waals surface area (Å²) in [4.78, 5) is 26.5. The van der Waals surface area contributed by atoms with Gasteiger partial charge in [-0.3, -0.25) is 9.59 Å². The van der Waals surface area contributed by atoms with Crippen molar-refractivity contribution in [2.24, 2.45) is 0 Å². The molecule has 1 N–H and O–H groups in total. The predicted octanol–water partition coefficient (Wildman–Crippen LogP) is 3.40. The lowest BCUT2D eigenvalue weighted by Crippen LogP contribution is -2.48. The first-order valence-corrected chi connectivity index (χ1v) is 10.1. The zero-order valence-corrected chi connectivity index (χ0v) is 15.3. The van der Waals surface area contributed by atoms with Gasteiger partial charge in [0.2, 0.25) is 11.8 Å². The van der Waals surface area contributed by atoms with Crippen molar-refractivity contribution < 1.29 is 14.3 Å². The molecule has 0 spiro atoms. The third-order valence-electron chi connectivity index (χ3n) is 5.45. The number of rotatable bonds is 4. The summed E-state index contributed by atoms with van der Waals surface area (Å²) in [7, 11) is 0. The van der Waals surface area contributed by atoms with E-state index >= 15 is 0 Å². The van der Waals surface area contributed by atoms with Crippen molar-refractivity contribution in [1.82, 2.24) is 4.90 Å². The second-order valence-electron chi connectivity index (χ2n) is 7.31. The van der Waals surface area contributed by atoms with E-state index in [0.717, 1.165) is 30.7 Å². The number of nitrogens with one attached hydrogen (secondary N) is 1. The summed E-state index contributed by atoms with van der Waals surface area (Å²) in [5.74, 6) is 1.44. The molecule has 1 aromatic carbocycles. The highest BCUT2D eigenvalue weighted by Gasteiger charge is 2.52. The Morgan fingerprint density at radius 3 is 2.96 bits per heavy atom. The zero-order valence-electron chi connectivity index (χ0n) is 14.5. The van der Waals surface area contributed by atoms with Crippen LogP contribution >= 0.6 is 11.8 Å². The molecule has 3 fully saturated rings. The standard InChI is InChI=1S/C19H24N2O3S/c1-19-10-9-17(22)21(19)16(12-25-19)18(23)20-13-5-4-8-15(11-13)24-14-6-2-3-7-14/h4-5,8,11,14,16H,2-3,6-7,9-10,12H2,1H3,(H,20,23). The Kier molecular flexibility index (Phi) is 4.40. The number of hydrogen-bond acceptors (Lipinski definition) is 4. The van der Waals surface area contributed by atoms with Crippen molar-refractivity contribution in [3.8, 4) is 5.75 Å². The van der Waals surface area contributed by atoms with E-state index < -0.39 is 0 Å². The van der Waals surface area contributed by atoms with E-state index in [1.807, 2.05) is 24.3 Å². The minimum Gasteiger partial charge on any atom is -0.490 e. The molecule has 2 aliphatic heterocycles. The molecule has 3 aliphatic rings. The SMILES string of the molecule is CC12CCC(=O)N1C(C(=O)Nc1cccc(OC3CCCC3)c1)CS2. The Balaban J connectivity index is 1.43. The van der Waals surface area contributed by atoms with Gasteiger partial charge in [-0.1, -0.05) is 6.07 Å². The molecular formula is C19H24N2O3S. The molecule has 0 radical (unpaired) electrons. The summed E-state index contributed by atoms with van der Waals surface area (Å²) in [6.45, 7) is 2.06. The molecule has 1 aromatic rings. The zero-order chi connectivity index (χ0) is 17.4. The van der Waals surface area contributed by atoms with E-state index in [9.17, 15) is 9.59 Å². The molecule has 2 amide bonds. The number of benzene rings is 1. The fourth-order valence-electron chi connectivity index (χ4n) is 4.09. The van der Waals surface area contributed by atoms with Crippen LogP contribution in [0.3, 0.4) is 0 Å². The van der Waals surface area contributed by atoms with E-state index in [1.165, 1.54) is 12.8 Å². The molecule has 25 heavy (non-hydrogen) atoms. The number of carbonyl (C=O) groups excluding carboxylic acids is 2. The van der Waals surface area contributed by atoms with Crippen LogP contribution in [-0.2, 0) is 9.59 Å². The second kappa shape index (κ2) is 6.56. The molecule has 2 heterocycles. The second-order valence-corrected chi connectivity index (χ2v) is 8.81. The quantitative estimate of drug-likeness (QED) is 0.894. The van der Waals surface area contributed by atoms with Crippen LogP contribution in [0.4, 0.5) is 5.69 Å². The molecule has 0 aromatic heterocycles. The fourth-order valence-corrected chi connectivity index (χ4v) is 5.52. The highest BCUT2D eigenvalue weighted by atomic mass is 32.2. The first-order chi connectivity index (χ1) is 12.0. The van der Waals surface area contributed by atoms with Gasteiger partial charge in [-0.2, -0.15) is 0 Å². The fraction of sp³-hybridized carbons (Fsp3) is 0.579. The molecule has 0 bridgehead atoms. The smallest absolute Gasteiger partial charge is 0.248 e. The minimum atomic E-state index is -0.385. The summed E-state index contributed by atoms with van der Waals surface area (Å²) in [6, 6.07) is 7.19. The van der Waals surface area contributed by atoms with Gasteiger partial charge in [0.15, 0.2) is 0 Å². The predicted molar refractivity (Wildman–Crippen MR) is 98.7 cm³/mol.